The van der Waals surface area contributed by atoms with E-state index in [0.717, 1.165) is 19.4 Å². The van der Waals surface area contributed by atoms with Crippen molar-refractivity contribution < 1.29 is 4.79 Å². The van der Waals surface area contributed by atoms with Gasteiger partial charge < -0.3 is 4.90 Å². The summed E-state index contributed by atoms with van der Waals surface area (Å²) in [6.45, 7) is 1.28. The lowest BCUT2D eigenvalue weighted by atomic mass is 9.99. The fraction of sp³-hybridized carbons (Fsp3) is 0.500. The van der Waals surface area contributed by atoms with Crippen LogP contribution in [0.4, 0.5) is 0 Å². The number of aromatic nitrogens is 2. The molecule has 1 saturated heterocycles. The van der Waals surface area contributed by atoms with Gasteiger partial charge >= 0.3 is 0 Å². The van der Waals surface area contributed by atoms with Crippen LogP contribution in [0.3, 0.4) is 0 Å². The third-order valence-corrected chi connectivity index (χ3v) is 2.64. The van der Waals surface area contributed by atoms with E-state index in [-0.39, 0.29) is 11.8 Å². The van der Waals surface area contributed by atoms with Crippen molar-refractivity contribution in [3.05, 3.63) is 18.0 Å². The first kappa shape index (κ1) is 9.71. The van der Waals surface area contributed by atoms with E-state index in [4.69, 9.17) is 5.26 Å². The Morgan fingerprint density at radius 2 is 2.60 bits per heavy atom. The van der Waals surface area contributed by atoms with E-state index in [1.807, 2.05) is 0 Å². The van der Waals surface area contributed by atoms with Crippen LogP contribution in [0.1, 0.15) is 23.2 Å². The predicted molar refractivity (Wildman–Crippen MR) is 52.8 cm³/mol. The molecule has 0 aliphatic carbocycles. The van der Waals surface area contributed by atoms with E-state index >= 15 is 0 Å². The first-order valence-electron chi connectivity index (χ1n) is 4.99. The van der Waals surface area contributed by atoms with Crippen LogP contribution in [0.5, 0.6) is 0 Å². The van der Waals surface area contributed by atoms with Crippen LogP contribution < -0.4 is 0 Å². The average molecular weight is 204 g/mol. The Morgan fingerprint density at radius 3 is 3.27 bits per heavy atom. The minimum Gasteiger partial charge on any atom is -0.337 e. The zero-order chi connectivity index (χ0) is 10.7. The lowest BCUT2D eigenvalue weighted by molar-refractivity contribution is 0.0699. The second kappa shape index (κ2) is 4.13. The molecule has 2 rings (SSSR count). The van der Waals surface area contributed by atoms with Crippen molar-refractivity contribution >= 4 is 5.91 Å². The number of amides is 1. The highest BCUT2D eigenvalue weighted by Gasteiger charge is 2.24. The number of piperidine rings is 1. The highest BCUT2D eigenvalue weighted by molar-refractivity contribution is 5.93. The van der Waals surface area contributed by atoms with Crippen molar-refractivity contribution in [1.82, 2.24) is 15.1 Å². The van der Waals surface area contributed by atoms with E-state index in [1.165, 1.54) is 6.20 Å². The lowest BCUT2D eigenvalue weighted by Gasteiger charge is -2.29. The lowest BCUT2D eigenvalue weighted by Crippen LogP contribution is -2.39. The summed E-state index contributed by atoms with van der Waals surface area (Å²) in [6.07, 6.45) is 4.89. The average Bonchev–Trinajstić information content (AvgIpc) is 2.81. The molecule has 5 nitrogen and oxygen atoms in total. The molecule has 1 aliphatic heterocycles. The van der Waals surface area contributed by atoms with E-state index in [2.05, 4.69) is 16.3 Å². The second-order valence-corrected chi connectivity index (χ2v) is 3.71. The maximum atomic E-state index is 11.9. The van der Waals surface area contributed by atoms with Crippen molar-refractivity contribution in [2.24, 2.45) is 5.92 Å². The summed E-state index contributed by atoms with van der Waals surface area (Å²) in [5.74, 6) is -0.0571. The second-order valence-electron chi connectivity index (χ2n) is 3.71. The molecule has 0 saturated carbocycles. The number of nitrogens with zero attached hydrogens (tertiary/aromatic N) is 3. The van der Waals surface area contributed by atoms with E-state index in [0.29, 0.717) is 12.1 Å². The van der Waals surface area contributed by atoms with Crippen LogP contribution in [0, 0.1) is 17.2 Å². The standard InChI is InChI=1S/C10H12N4O/c11-4-8-2-1-3-14(7-8)10(15)9-5-12-13-6-9/h5-6,8H,1-3,7H2,(H,12,13). The molecular weight excluding hydrogens is 192 g/mol. The predicted octanol–water partition coefficient (Wildman–Crippen LogP) is 0.785. The van der Waals surface area contributed by atoms with E-state index in [9.17, 15) is 4.79 Å². The van der Waals surface area contributed by atoms with Gasteiger partial charge in [0.1, 0.15) is 0 Å². The molecule has 78 valence electrons. The molecular formula is C10H12N4O. The Bertz CT molecular complexity index is 379. The fourth-order valence-corrected chi connectivity index (χ4v) is 1.82. The number of H-pyrrole nitrogens is 1. The summed E-state index contributed by atoms with van der Waals surface area (Å²) in [5.41, 5.74) is 0.564. The molecule has 1 fully saturated rings. The van der Waals surface area contributed by atoms with Gasteiger partial charge in [-0.3, -0.25) is 9.89 Å². The third-order valence-electron chi connectivity index (χ3n) is 2.64. The highest BCUT2D eigenvalue weighted by atomic mass is 16.2. The van der Waals surface area contributed by atoms with E-state index in [1.54, 1.807) is 11.1 Å². The number of hydrogen-bond donors (Lipinski definition) is 1. The Labute approximate surface area is 87.7 Å². The molecule has 1 aromatic rings. The number of hydrogen-bond acceptors (Lipinski definition) is 3. The summed E-state index contributed by atoms with van der Waals surface area (Å²) >= 11 is 0. The van der Waals surface area contributed by atoms with Gasteiger partial charge in [-0.25, -0.2) is 0 Å². The summed E-state index contributed by atoms with van der Waals surface area (Å²) in [6, 6.07) is 2.22. The number of aromatic amines is 1. The molecule has 1 aliphatic rings. The molecule has 0 spiro atoms. The van der Waals surface area contributed by atoms with Gasteiger partial charge in [0.2, 0.25) is 0 Å². The van der Waals surface area contributed by atoms with Gasteiger partial charge in [-0.1, -0.05) is 0 Å². The zero-order valence-corrected chi connectivity index (χ0v) is 8.31. The minimum absolute atomic E-state index is 0.0189. The van der Waals surface area contributed by atoms with E-state index < -0.39 is 0 Å². The molecule has 1 amide bonds. The molecule has 0 aromatic carbocycles. The maximum absolute atomic E-state index is 11.9. The Kier molecular flexibility index (Phi) is 2.68. The van der Waals surface area contributed by atoms with Crippen LogP contribution in [-0.2, 0) is 0 Å². The van der Waals surface area contributed by atoms with Gasteiger partial charge in [-0.15, -0.1) is 0 Å². The number of nitriles is 1. The zero-order valence-electron chi connectivity index (χ0n) is 8.31. The summed E-state index contributed by atoms with van der Waals surface area (Å²) in [7, 11) is 0. The normalized spacial score (nSPS) is 21.0. The molecule has 0 radical (unpaired) electrons. The van der Waals surface area contributed by atoms with Gasteiger partial charge in [0.25, 0.3) is 5.91 Å². The minimum atomic E-state index is -0.0382. The highest BCUT2D eigenvalue weighted by Crippen LogP contribution is 2.17. The summed E-state index contributed by atoms with van der Waals surface area (Å²) in [5, 5.41) is 15.2. The van der Waals surface area contributed by atoms with Crippen LogP contribution in [0.25, 0.3) is 0 Å². The largest absolute Gasteiger partial charge is 0.337 e. The molecule has 2 heterocycles. The number of likely N-dealkylation sites (tertiary alicyclic amines) is 1. The fourth-order valence-electron chi connectivity index (χ4n) is 1.82. The number of nitrogens with one attached hydrogen (secondary N) is 1. The van der Waals surface area contributed by atoms with Gasteiger partial charge in [-0.05, 0) is 12.8 Å². The molecule has 5 heteroatoms. The van der Waals surface area contributed by atoms with Crippen LogP contribution in [0.15, 0.2) is 12.4 Å². The van der Waals surface area contributed by atoms with Crippen LogP contribution in [-0.4, -0.2) is 34.1 Å². The molecule has 1 N–H and O–H groups in total. The first-order chi connectivity index (χ1) is 7.31. The number of rotatable bonds is 1. The molecule has 0 bridgehead atoms. The van der Waals surface area contributed by atoms with Crippen molar-refractivity contribution in [3.63, 3.8) is 0 Å². The quantitative estimate of drug-likeness (QED) is 0.734. The summed E-state index contributed by atoms with van der Waals surface area (Å²) in [4.78, 5) is 13.6. The molecule has 1 atom stereocenters. The van der Waals surface area contributed by atoms with Gasteiger partial charge in [0.15, 0.2) is 0 Å². The Morgan fingerprint density at radius 1 is 1.73 bits per heavy atom. The number of carbonyl (C=O) groups is 1. The van der Waals surface area contributed by atoms with Gasteiger partial charge in [-0.2, -0.15) is 10.4 Å². The first-order valence-corrected chi connectivity index (χ1v) is 4.99. The monoisotopic (exact) mass is 204 g/mol. The van der Waals surface area contributed by atoms with Gasteiger partial charge in [0.05, 0.1) is 23.7 Å². The molecule has 1 aromatic heterocycles. The van der Waals surface area contributed by atoms with Crippen molar-refractivity contribution in [2.75, 3.05) is 13.1 Å². The van der Waals surface area contributed by atoms with Crippen molar-refractivity contribution in [1.29, 1.82) is 5.26 Å². The summed E-state index contributed by atoms with van der Waals surface area (Å²) < 4.78 is 0. The maximum Gasteiger partial charge on any atom is 0.257 e. The van der Waals surface area contributed by atoms with Crippen molar-refractivity contribution in [2.45, 2.75) is 12.8 Å². The van der Waals surface area contributed by atoms with Crippen molar-refractivity contribution in [3.8, 4) is 6.07 Å². The number of carbonyl (C=O) groups excluding carboxylic acids is 1. The Hall–Kier alpha value is -1.83. The molecule has 1 unspecified atom stereocenters. The van der Waals surface area contributed by atoms with Crippen LogP contribution in [0.2, 0.25) is 0 Å². The molecule has 15 heavy (non-hydrogen) atoms. The van der Waals surface area contributed by atoms with Crippen LogP contribution >= 0.6 is 0 Å². The Balaban J connectivity index is 2.05. The third kappa shape index (κ3) is 1.99. The van der Waals surface area contributed by atoms with Gasteiger partial charge in [0, 0.05) is 19.3 Å². The smallest absolute Gasteiger partial charge is 0.257 e. The topological polar surface area (TPSA) is 72.8 Å². The SMILES string of the molecule is N#CC1CCCN(C(=O)c2cn[nH]c2)C1.